The molecule has 0 bridgehead atoms. The molecule has 0 saturated heterocycles. The van der Waals surface area contributed by atoms with Gasteiger partial charge in [-0.15, -0.1) is 0 Å². The molecule has 4 rings (SSSR count). The molecule has 0 aliphatic heterocycles. The Morgan fingerprint density at radius 3 is 1.15 bits per heavy atom. The number of hydrogen-bond acceptors (Lipinski definition) is 2. The highest BCUT2D eigenvalue weighted by Gasteiger charge is 2.41. The van der Waals surface area contributed by atoms with Crippen LogP contribution >= 0.6 is 0 Å². The number of hydrogen-bond donors (Lipinski definition) is 2. The first kappa shape index (κ1) is 17.1. The molecular formula is C24H22N2Si. The van der Waals surface area contributed by atoms with E-state index in [1.54, 1.807) is 0 Å². The molecule has 0 radical (unpaired) electrons. The summed E-state index contributed by atoms with van der Waals surface area (Å²) in [6.45, 7) is 0. The zero-order chi connectivity index (χ0) is 18.7. The summed E-state index contributed by atoms with van der Waals surface area (Å²) in [5.41, 5.74) is 14.0. The van der Waals surface area contributed by atoms with Gasteiger partial charge >= 0.3 is 0 Å². The minimum Gasteiger partial charge on any atom is -0.399 e. The van der Waals surface area contributed by atoms with Crippen LogP contribution in [0.15, 0.2) is 109 Å². The molecule has 0 heterocycles. The van der Waals surface area contributed by atoms with Crippen LogP contribution < -0.4 is 32.2 Å². The van der Waals surface area contributed by atoms with Gasteiger partial charge < -0.3 is 11.5 Å². The molecule has 0 aliphatic rings. The van der Waals surface area contributed by atoms with Gasteiger partial charge in [-0.05, 0) is 45.0 Å². The summed E-state index contributed by atoms with van der Waals surface area (Å²) in [6.07, 6.45) is 0. The van der Waals surface area contributed by atoms with Crippen molar-refractivity contribution < 1.29 is 0 Å². The smallest absolute Gasteiger partial charge is 0.179 e. The van der Waals surface area contributed by atoms with E-state index >= 15 is 0 Å². The fourth-order valence-corrected chi connectivity index (χ4v) is 8.76. The van der Waals surface area contributed by atoms with Crippen LogP contribution in [0.5, 0.6) is 0 Å². The Morgan fingerprint density at radius 1 is 0.407 bits per heavy atom. The number of rotatable bonds is 4. The SMILES string of the molecule is Nc1cccc([Si](c2ccccc2)(c2ccccc2)c2cccc(N)c2)c1. The largest absolute Gasteiger partial charge is 0.399 e. The Hall–Kier alpha value is -3.30. The summed E-state index contributed by atoms with van der Waals surface area (Å²) >= 11 is 0. The predicted molar refractivity (Wildman–Crippen MR) is 119 cm³/mol. The second-order valence-corrected chi connectivity index (χ2v) is 10.5. The average molecular weight is 367 g/mol. The number of nitrogens with two attached hydrogens (primary N) is 2. The summed E-state index contributed by atoms with van der Waals surface area (Å²) in [6, 6.07) is 38.1. The van der Waals surface area contributed by atoms with Gasteiger partial charge in [-0.25, -0.2) is 0 Å². The van der Waals surface area contributed by atoms with E-state index in [9.17, 15) is 0 Å². The first-order chi connectivity index (χ1) is 13.2. The lowest BCUT2D eigenvalue weighted by atomic mass is 10.3. The van der Waals surface area contributed by atoms with Crippen LogP contribution in [0.25, 0.3) is 0 Å². The second kappa shape index (κ2) is 7.14. The number of benzene rings is 4. The summed E-state index contributed by atoms with van der Waals surface area (Å²) in [5, 5.41) is 5.14. The van der Waals surface area contributed by atoms with Crippen LogP contribution in [0.4, 0.5) is 11.4 Å². The van der Waals surface area contributed by atoms with Crippen LogP contribution in [-0.2, 0) is 0 Å². The fraction of sp³-hybridized carbons (Fsp3) is 0. The van der Waals surface area contributed by atoms with E-state index in [1.807, 2.05) is 24.3 Å². The average Bonchev–Trinajstić information content (AvgIpc) is 2.71. The maximum atomic E-state index is 6.22. The highest BCUT2D eigenvalue weighted by Crippen LogP contribution is 2.12. The minimum absolute atomic E-state index is 0.778. The van der Waals surface area contributed by atoms with Gasteiger partial charge in [-0.1, -0.05) is 84.9 Å². The highest BCUT2D eigenvalue weighted by atomic mass is 28.3. The molecule has 2 nitrogen and oxygen atoms in total. The van der Waals surface area contributed by atoms with Crippen molar-refractivity contribution in [1.82, 2.24) is 0 Å². The van der Waals surface area contributed by atoms with Gasteiger partial charge in [-0.3, -0.25) is 0 Å². The Balaban J connectivity index is 2.16. The molecule has 4 aromatic rings. The maximum absolute atomic E-state index is 6.22. The van der Waals surface area contributed by atoms with Crippen molar-refractivity contribution in [2.24, 2.45) is 0 Å². The lowest BCUT2D eigenvalue weighted by Gasteiger charge is -2.34. The maximum Gasteiger partial charge on any atom is 0.179 e. The summed E-state index contributed by atoms with van der Waals surface area (Å²) < 4.78 is 0. The van der Waals surface area contributed by atoms with Crippen LogP contribution in [-0.4, -0.2) is 8.07 Å². The third kappa shape index (κ3) is 3.02. The molecule has 4 N–H and O–H groups in total. The van der Waals surface area contributed by atoms with Crippen LogP contribution in [0, 0.1) is 0 Å². The molecule has 3 heteroatoms. The fourth-order valence-electron chi connectivity index (χ4n) is 3.92. The van der Waals surface area contributed by atoms with E-state index in [-0.39, 0.29) is 0 Å². The molecule has 132 valence electrons. The third-order valence-corrected chi connectivity index (χ3v) is 9.81. The van der Waals surface area contributed by atoms with Crippen LogP contribution in [0.3, 0.4) is 0 Å². The molecule has 4 aromatic carbocycles. The zero-order valence-corrected chi connectivity index (χ0v) is 16.0. The zero-order valence-electron chi connectivity index (χ0n) is 15.0. The van der Waals surface area contributed by atoms with Gasteiger partial charge in [0.2, 0.25) is 0 Å². The lowest BCUT2D eigenvalue weighted by Crippen LogP contribution is -2.74. The normalized spacial score (nSPS) is 11.3. The van der Waals surface area contributed by atoms with Gasteiger partial charge in [0, 0.05) is 11.4 Å². The van der Waals surface area contributed by atoms with E-state index in [4.69, 9.17) is 11.5 Å². The van der Waals surface area contributed by atoms with Crippen molar-refractivity contribution in [2.45, 2.75) is 0 Å². The minimum atomic E-state index is -2.52. The van der Waals surface area contributed by atoms with E-state index in [0.29, 0.717) is 0 Å². The molecule has 0 aromatic heterocycles. The van der Waals surface area contributed by atoms with E-state index in [0.717, 1.165) is 11.4 Å². The first-order valence-corrected chi connectivity index (χ1v) is 11.0. The van der Waals surface area contributed by atoms with Gasteiger partial charge in [0.1, 0.15) is 0 Å². The summed E-state index contributed by atoms with van der Waals surface area (Å²) in [7, 11) is -2.52. The van der Waals surface area contributed by atoms with Crippen LogP contribution in [0.1, 0.15) is 0 Å². The van der Waals surface area contributed by atoms with Crippen molar-refractivity contribution in [1.29, 1.82) is 0 Å². The molecule has 0 fully saturated rings. The van der Waals surface area contributed by atoms with Gasteiger partial charge in [-0.2, -0.15) is 0 Å². The molecule has 0 saturated carbocycles. The Morgan fingerprint density at radius 2 is 0.778 bits per heavy atom. The molecule has 0 unspecified atom stereocenters. The summed E-state index contributed by atoms with van der Waals surface area (Å²) in [5.74, 6) is 0. The quantitative estimate of drug-likeness (QED) is 0.331. The topological polar surface area (TPSA) is 52.0 Å². The van der Waals surface area contributed by atoms with Crippen LogP contribution in [0.2, 0.25) is 0 Å². The first-order valence-electron chi connectivity index (χ1n) is 9.04. The van der Waals surface area contributed by atoms with Crippen molar-refractivity contribution >= 4 is 40.2 Å². The molecule has 0 amide bonds. The van der Waals surface area contributed by atoms with Crippen molar-refractivity contribution in [3.05, 3.63) is 109 Å². The molecular weight excluding hydrogens is 344 g/mol. The third-order valence-electron chi connectivity index (χ3n) is 5.05. The van der Waals surface area contributed by atoms with Crippen molar-refractivity contribution in [3.63, 3.8) is 0 Å². The standard InChI is InChI=1S/C24H22N2Si/c25-19-9-7-15-23(17-19)27(21-11-3-1-4-12-21,22-13-5-2-6-14-22)24-16-8-10-20(26)18-24/h1-18H,25-26H2. The highest BCUT2D eigenvalue weighted by molar-refractivity contribution is 7.20. The Kier molecular flexibility index (Phi) is 4.53. The molecule has 0 atom stereocenters. The van der Waals surface area contributed by atoms with E-state index < -0.39 is 8.07 Å². The van der Waals surface area contributed by atoms with Gasteiger partial charge in [0.05, 0.1) is 0 Å². The van der Waals surface area contributed by atoms with E-state index in [1.165, 1.54) is 20.7 Å². The summed E-state index contributed by atoms with van der Waals surface area (Å²) in [4.78, 5) is 0. The number of anilines is 2. The van der Waals surface area contributed by atoms with Gasteiger partial charge in [0.25, 0.3) is 0 Å². The predicted octanol–water partition coefficient (Wildman–Crippen LogP) is 2.23. The van der Waals surface area contributed by atoms with Crippen molar-refractivity contribution in [2.75, 3.05) is 11.5 Å². The molecule has 0 aliphatic carbocycles. The lowest BCUT2D eigenvalue weighted by molar-refractivity contribution is 1.65. The Bertz CT molecular complexity index is 959. The number of nitrogen functional groups attached to an aromatic ring is 2. The van der Waals surface area contributed by atoms with Crippen molar-refractivity contribution in [3.8, 4) is 0 Å². The second-order valence-electron chi connectivity index (χ2n) is 6.73. The van der Waals surface area contributed by atoms with Gasteiger partial charge in [0.15, 0.2) is 8.07 Å². The monoisotopic (exact) mass is 366 g/mol. The molecule has 0 spiro atoms. The van der Waals surface area contributed by atoms with E-state index in [2.05, 4.69) is 84.9 Å². The molecule has 27 heavy (non-hydrogen) atoms. The Labute approximate surface area is 161 Å².